The molecule has 2 aromatic heterocycles. The molecule has 0 saturated carbocycles. The summed E-state index contributed by atoms with van der Waals surface area (Å²) >= 11 is 4.89. The van der Waals surface area contributed by atoms with Crippen molar-refractivity contribution in [2.24, 2.45) is 5.73 Å². The predicted octanol–water partition coefficient (Wildman–Crippen LogP) is 1.33. The maximum atomic E-state index is 5.53. The van der Waals surface area contributed by atoms with E-state index in [0.29, 0.717) is 10.7 Å². The fraction of sp³-hybridized carbons (Fsp3) is 0.250. The highest BCUT2D eigenvalue weighted by Gasteiger charge is 2.00. The summed E-state index contributed by atoms with van der Waals surface area (Å²) in [5, 5.41) is 7.42. The van der Waals surface area contributed by atoms with Crippen molar-refractivity contribution in [2.45, 2.75) is 13.5 Å². The third kappa shape index (κ3) is 3.27. The number of nitrogens with zero attached hydrogens (tertiary/aromatic N) is 3. The van der Waals surface area contributed by atoms with Gasteiger partial charge in [-0.25, -0.2) is 4.98 Å². The molecule has 2 rings (SSSR count). The molecule has 2 heterocycles. The lowest BCUT2D eigenvalue weighted by Crippen LogP contribution is -2.15. The molecule has 3 N–H and O–H groups in total. The second-order valence-corrected chi connectivity index (χ2v) is 4.42. The van der Waals surface area contributed by atoms with E-state index >= 15 is 0 Å². The minimum atomic E-state index is 0.307. The second-order valence-electron chi connectivity index (χ2n) is 3.98. The fourth-order valence-electron chi connectivity index (χ4n) is 1.56. The normalized spacial score (nSPS) is 10.3. The van der Waals surface area contributed by atoms with Gasteiger partial charge in [-0.3, -0.25) is 4.68 Å². The van der Waals surface area contributed by atoms with Crippen molar-refractivity contribution in [3.05, 3.63) is 41.9 Å². The SMILES string of the molecule is Cc1cnn(CCNc2cccc(C(N)=S)n2)c1. The number of hydrogen-bond acceptors (Lipinski definition) is 4. The van der Waals surface area contributed by atoms with Crippen LogP contribution in [-0.4, -0.2) is 26.3 Å². The Balaban J connectivity index is 1.90. The van der Waals surface area contributed by atoms with Gasteiger partial charge in [-0.2, -0.15) is 5.10 Å². The summed E-state index contributed by atoms with van der Waals surface area (Å²) in [5.74, 6) is 0.768. The fourth-order valence-corrected chi connectivity index (χ4v) is 1.67. The summed E-state index contributed by atoms with van der Waals surface area (Å²) in [6.07, 6.45) is 3.84. The highest BCUT2D eigenvalue weighted by molar-refractivity contribution is 7.80. The molecule has 0 saturated heterocycles. The maximum Gasteiger partial charge on any atom is 0.126 e. The highest BCUT2D eigenvalue weighted by Crippen LogP contribution is 2.04. The van der Waals surface area contributed by atoms with Crippen molar-refractivity contribution in [3.63, 3.8) is 0 Å². The number of rotatable bonds is 5. The zero-order chi connectivity index (χ0) is 13.0. The molecule has 5 nitrogen and oxygen atoms in total. The van der Waals surface area contributed by atoms with Crippen molar-refractivity contribution in [2.75, 3.05) is 11.9 Å². The topological polar surface area (TPSA) is 68.8 Å². The van der Waals surface area contributed by atoms with Gasteiger partial charge < -0.3 is 11.1 Å². The van der Waals surface area contributed by atoms with E-state index in [4.69, 9.17) is 18.0 Å². The molecular formula is C12H15N5S. The Kier molecular flexibility index (Phi) is 3.88. The number of nitrogens with two attached hydrogens (primary N) is 1. The average molecular weight is 261 g/mol. The first-order valence-corrected chi connectivity index (χ1v) is 6.06. The first-order valence-electron chi connectivity index (χ1n) is 5.65. The summed E-state index contributed by atoms with van der Waals surface area (Å²) < 4.78 is 1.89. The molecule has 0 atom stereocenters. The molecule has 0 radical (unpaired) electrons. The zero-order valence-corrected chi connectivity index (χ0v) is 10.9. The molecule has 0 bridgehead atoms. The number of hydrogen-bond donors (Lipinski definition) is 2. The molecule has 94 valence electrons. The van der Waals surface area contributed by atoms with Crippen LogP contribution in [0.15, 0.2) is 30.6 Å². The van der Waals surface area contributed by atoms with Gasteiger partial charge in [0.25, 0.3) is 0 Å². The van der Waals surface area contributed by atoms with E-state index in [1.54, 1.807) is 6.07 Å². The van der Waals surface area contributed by atoms with Gasteiger partial charge in [0.2, 0.25) is 0 Å². The van der Waals surface area contributed by atoms with Crippen LogP contribution in [-0.2, 0) is 6.54 Å². The minimum absolute atomic E-state index is 0.307. The molecule has 6 heteroatoms. The average Bonchev–Trinajstić information content (AvgIpc) is 2.75. The first-order chi connectivity index (χ1) is 8.65. The predicted molar refractivity (Wildman–Crippen MR) is 75.6 cm³/mol. The summed E-state index contributed by atoms with van der Waals surface area (Å²) in [4.78, 5) is 4.61. The molecule has 0 aliphatic rings. The number of aromatic nitrogens is 3. The zero-order valence-electron chi connectivity index (χ0n) is 10.1. The van der Waals surface area contributed by atoms with Crippen molar-refractivity contribution >= 4 is 23.0 Å². The van der Waals surface area contributed by atoms with E-state index in [0.717, 1.165) is 24.5 Å². The molecule has 18 heavy (non-hydrogen) atoms. The van der Waals surface area contributed by atoms with Crippen LogP contribution in [0.2, 0.25) is 0 Å². The van der Waals surface area contributed by atoms with Crippen LogP contribution in [0.3, 0.4) is 0 Å². The molecule has 0 unspecified atom stereocenters. The first kappa shape index (κ1) is 12.5. The Labute approximate surface area is 111 Å². The molecule has 0 fully saturated rings. The smallest absolute Gasteiger partial charge is 0.126 e. The summed E-state index contributed by atoms with van der Waals surface area (Å²) in [5.41, 5.74) is 7.32. The Hall–Kier alpha value is -1.95. The minimum Gasteiger partial charge on any atom is -0.388 e. The maximum absolute atomic E-state index is 5.53. The third-order valence-corrected chi connectivity index (χ3v) is 2.62. The molecule has 0 aliphatic carbocycles. The van der Waals surface area contributed by atoms with E-state index in [-0.39, 0.29) is 0 Å². The number of aryl methyl sites for hydroxylation is 1. The van der Waals surface area contributed by atoms with Gasteiger partial charge in [-0.15, -0.1) is 0 Å². The van der Waals surface area contributed by atoms with Gasteiger partial charge in [-0.1, -0.05) is 18.3 Å². The van der Waals surface area contributed by atoms with Gasteiger partial charge in [0, 0.05) is 12.7 Å². The van der Waals surface area contributed by atoms with E-state index in [2.05, 4.69) is 15.4 Å². The Morgan fingerprint density at radius 3 is 3.00 bits per heavy atom. The summed E-state index contributed by atoms with van der Waals surface area (Å²) in [7, 11) is 0. The van der Waals surface area contributed by atoms with E-state index in [1.165, 1.54) is 0 Å². The van der Waals surface area contributed by atoms with Crippen molar-refractivity contribution in [3.8, 4) is 0 Å². The van der Waals surface area contributed by atoms with Gasteiger partial charge >= 0.3 is 0 Å². The number of anilines is 1. The molecule has 0 aromatic carbocycles. The van der Waals surface area contributed by atoms with Crippen LogP contribution in [0.4, 0.5) is 5.82 Å². The van der Waals surface area contributed by atoms with Gasteiger partial charge in [0.05, 0.1) is 18.4 Å². The molecule has 0 spiro atoms. The van der Waals surface area contributed by atoms with Gasteiger partial charge in [-0.05, 0) is 24.6 Å². The van der Waals surface area contributed by atoms with Crippen LogP contribution >= 0.6 is 12.2 Å². The summed E-state index contributed by atoms with van der Waals surface area (Å²) in [6, 6.07) is 5.56. The van der Waals surface area contributed by atoms with E-state index < -0.39 is 0 Å². The number of pyridine rings is 1. The van der Waals surface area contributed by atoms with Gasteiger partial charge in [0.1, 0.15) is 10.8 Å². The standard InChI is InChI=1S/C12H15N5S/c1-9-7-15-17(8-9)6-5-14-11-4-2-3-10(16-11)12(13)18/h2-4,7-8H,5-6H2,1H3,(H2,13,18)(H,14,16). The van der Waals surface area contributed by atoms with Crippen LogP contribution in [0.1, 0.15) is 11.3 Å². The molecule has 0 aliphatic heterocycles. The number of thiocarbonyl (C=S) groups is 1. The second kappa shape index (κ2) is 5.59. The molecule has 0 amide bonds. The lowest BCUT2D eigenvalue weighted by molar-refractivity contribution is 0.636. The van der Waals surface area contributed by atoms with Crippen molar-refractivity contribution in [1.82, 2.24) is 14.8 Å². The highest BCUT2D eigenvalue weighted by atomic mass is 32.1. The lowest BCUT2D eigenvalue weighted by Gasteiger charge is -2.07. The quantitative estimate of drug-likeness (QED) is 0.795. The lowest BCUT2D eigenvalue weighted by atomic mass is 10.3. The van der Waals surface area contributed by atoms with Crippen LogP contribution < -0.4 is 11.1 Å². The number of nitrogens with one attached hydrogen (secondary N) is 1. The molecular weight excluding hydrogens is 246 g/mol. The third-order valence-electron chi connectivity index (χ3n) is 2.41. The van der Waals surface area contributed by atoms with Crippen molar-refractivity contribution < 1.29 is 0 Å². The Bertz CT molecular complexity index is 549. The van der Waals surface area contributed by atoms with Crippen LogP contribution in [0, 0.1) is 6.92 Å². The summed E-state index contributed by atoms with van der Waals surface area (Å²) in [6.45, 7) is 3.55. The van der Waals surface area contributed by atoms with E-state index in [9.17, 15) is 0 Å². The largest absolute Gasteiger partial charge is 0.388 e. The van der Waals surface area contributed by atoms with Crippen LogP contribution in [0.25, 0.3) is 0 Å². The monoisotopic (exact) mass is 261 g/mol. The van der Waals surface area contributed by atoms with Crippen molar-refractivity contribution in [1.29, 1.82) is 0 Å². The van der Waals surface area contributed by atoms with E-state index in [1.807, 2.05) is 36.1 Å². The van der Waals surface area contributed by atoms with Crippen LogP contribution in [0.5, 0.6) is 0 Å². The Morgan fingerprint density at radius 1 is 1.50 bits per heavy atom. The Morgan fingerprint density at radius 2 is 2.33 bits per heavy atom. The molecule has 2 aromatic rings. The van der Waals surface area contributed by atoms with Gasteiger partial charge in [0.15, 0.2) is 0 Å².